The minimum absolute atomic E-state index is 1.13. The van der Waals surface area contributed by atoms with Crippen LogP contribution in [-0.4, -0.2) is 0 Å². The zero-order valence-electron chi connectivity index (χ0n) is 3.76. The summed E-state index contributed by atoms with van der Waals surface area (Å²) < 4.78 is 1.13. The molecule has 1 aromatic rings. The molecule has 0 N–H and O–H groups in total. The van der Waals surface area contributed by atoms with E-state index in [1.54, 1.807) is 0 Å². The molecule has 0 bridgehead atoms. The average molecular weight is 163 g/mol. The van der Waals surface area contributed by atoms with Gasteiger partial charge in [-0.25, -0.2) is 0 Å². The van der Waals surface area contributed by atoms with Gasteiger partial charge in [0.2, 0.25) is 0 Å². The molecule has 0 aliphatic rings. The maximum Gasteiger partial charge on any atom is 0.0175 e. The first kappa shape index (κ1) is 4.85. The van der Waals surface area contributed by atoms with Crippen molar-refractivity contribution in [3.05, 3.63) is 34.8 Å². The summed E-state index contributed by atoms with van der Waals surface area (Å²) in [6.07, 6.45) is 0. The number of rotatable bonds is 0. The lowest BCUT2D eigenvalue weighted by Gasteiger charge is -1.80. The van der Waals surface area contributed by atoms with Gasteiger partial charge in [-0.05, 0) is 12.1 Å². The molecule has 0 atom stereocenters. The molecule has 0 aromatic heterocycles. The maximum atomic E-state index is 3.31. The summed E-state index contributed by atoms with van der Waals surface area (Å²) in [7, 11) is 0. The van der Waals surface area contributed by atoms with E-state index in [0.717, 1.165) is 4.47 Å². The van der Waals surface area contributed by atoms with Crippen molar-refractivity contribution in [2.24, 2.45) is 0 Å². The first-order valence-corrected chi connectivity index (χ1v) is 2.89. The van der Waals surface area contributed by atoms with Crippen LogP contribution in [0, 0.1) is 0 Å². The van der Waals surface area contributed by atoms with Gasteiger partial charge in [-0.1, -0.05) is 34.1 Å². The van der Waals surface area contributed by atoms with E-state index in [-0.39, 0.29) is 0 Å². The minimum atomic E-state index is 1.13. The van der Waals surface area contributed by atoms with Crippen LogP contribution in [0.15, 0.2) is 34.8 Å². The van der Waals surface area contributed by atoms with Gasteiger partial charge < -0.3 is 0 Å². The van der Waals surface area contributed by atoms with E-state index < -0.39 is 0 Å². The van der Waals surface area contributed by atoms with Gasteiger partial charge in [0.1, 0.15) is 0 Å². The van der Waals surface area contributed by atoms with Gasteiger partial charge in [0, 0.05) is 4.47 Å². The molecule has 36 valence electrons. The third kappa shape index (κ3) is 1.32. The van der Waals surface area contributed by atoms with Crippen LogP contribution in [0.4, 0.5) is 0 Å². The van der Waals surface area contributed by atoms with E-state index in [9.17, 15) is 0 Å². The summed E-state index contributed by atoms with van der Waals surface area (Å²) in [6.45, 7) is 0. The van der Waals surface area contributed by atoms with Crippen molar-refractivity contribution in [3.63, 3.8) is 0 Å². The normalized spacial score (nSPS) is 8.71. The Hall–Kier alpha value is -0.300. The lowest BCUT2D eigenvalue weighted by molar-refractivity contribution is 1.66. The number of hydrogen-bond acceptors (Lipinski definition) is 0. The Labute approximate surface area is 51.3 Å². The Morgan fingerprint density at radius 1 is 1.00 bits per heavy atom. The van der Waals surface area contributed by atoms with Crippen LogP contribution in [0.2, 0.25) is 0 Å². The predicted molar refractivity (Wildman–Crippen MR) is 34.1 cm³/mol. The molecule has 0 unspecified atom stereocenters. The van der Waals surface area contributed by atoms with Gasteiger partial charge >= 0.3 is 0 Å². The van der Waals surface area contributed by atoms with E-state index in [1.807, 2.05) is 30.3 Å². The van der Waals surface area contributed by atoms with Crippen molar-refractivity contribution in [1.82, 2.24) is 0 Å². The van der Waals surface area contributed by atoms with Crippen molar-refractivity contribution >= 4 is 15.9 Å². The van der Waals surface area contributed by atoms with Crippen molar-refractivity contribution in [2.45, 2.75) is 0 Å². The maximum absolute atomic E-state index is 3.31. The second-order valence-electron chi connectivity index (χ2n) is 1.30. The van der Waals surface area contributed by atoms with Gasteiger partial charge in [0.05, 0.1) is 0 Å². The topological polar surface area (TPSA) is 0 Å². The Balaban J connectivity index is 3.02. The van der Waals surface area contributed by atoms with E-state index in [0.29, 0.717) is 0 Å². The highest BCUT2D eigenvalue weighted by Gasteiger charge is 1.74. The molecule has 0 aliphatic heterocycles. The highest BCUT2D eigenvalue weighted by Crippen LogP contribution is 2.05. The van der Waals surface area contributed by atoms with Crippen molar-refractivity contribution in [2.75, 3.05) is 0 Å². The number of benzene rings is 1. The Morgan fingerprint density at radius 3 is 1.86 bits per heavy atom. The quantitative estimate of drug-likeness (QED) is 0.550. The van der Waals surface area contributed by atoms with Gasteiger partial charge in [-0.3, -0.25) is 0 Å². The summed E-state index contributed by atoms with van der Waals surface area (Å²) in [4.78, 5) is 0. The molecule has 7 heavy (non-hydrogen) atoms. The fourth-order valence-electron chi connectivity index (χ4n) is 0.415. The third-order valence-electron chi connectivity index (χ3n) is 0.733. The SMILES string of the molecule is Br[13c]1[13cH][13cH][13cH][13cH][13cH]1. The summed E-state index contributed by atoms with van der Waals surface area (Å²) in [5, 5.41) is 0. The Bertz CT molecular complexity index is 134. The lowest BCUT2D eigenvalue weighted by Crippen LogP contribution is -1.55. The summed E-state index contributed by atoms with van der Waals surface area (Å²) in [5.41, 5.74) is 0. The largest absolute Gasteiger partial charge is 0.0622 e. The Morgan fingerprint density at radius 2 is 1.57 bits per heavy atom. The zero-order valence-corrected chi connectivity index (χ0v) is 5.35. The first-order chi connectivity index (χ1) is 3.39. The van der Waals surface area contributed by atoms with Crippen LogP contribution in [0.5, 0.6) is 0 Å². The predicted octanol–water partition coefficient (Wildman–Crippen LogP) is 2.45. The number of halogens is 1. The van der Waals surface area contributed by atoms with Gasteiger partial charge in [0.15, 0.2) is 0 Å². The smallest absolute Gasteiger partial charge is 0.0175 e. The molecular weight excluding hydrogens is 158 g/mol. The van der Waals surface area contributed by atoms with E-state index in [4.69, 9.17) is 0 Å². The summed E-state index contributed by atoms with van der Waals surface area (Å²) in [5.74, 6) is 0. The molecule has 1 heteroatoms. The van der Waals surface area contributed by atoms with Gasteiger partial charge in [0.25, 0.3) is 0 Å². The second kappa shape index (κ2) is 2.12. The lowest BCUT2D eigenvalue weighted by atomic mass is 11.4. The zero-order chi connectivity index (χ0) is 5.11. The monoisotopic (exact) mass is 162 g/mol. The molecule has 0 radical (unpaired) electrons. The van der Waals surface area contributed by atoms with Crippen LogP contribution in [0.3, 0.4) is 0 Å². The highest BCUT2D eigenvalue weighted by molar-refractivity contribution is 9.10. The van der Waals surface area contributed by atoms with Crippen LogP contribution in [0.1, 0.15) is 0 Å². The standard InChI is InChI=1S/C6H5Br/c7-6-4-2-1-3-5-6/h1-5H/i1+1,2+1,3+1,4+1,5+1,6+1. The average Bonchev–Trinajstić information content (AvgIpc) is 1.69. The molecule has 0 saturated carbocycles. The van der Waals surface area contributed by atoms with Crippen LogP contribution >= 0.6 is 15.9 Å². The van der Waals surface area contributed by atoms with Crippen LogP contribution in [0.25, 0.3) is 0 Å². The van der Waals surface area contributed by atoms with Crippen LogP contribution < -0.4 is 0 Å². The highest BCUT2D eigenvalue weighted by atomic mass is 79.9. The Kier molecular flexibility index (Phi) is 1.47. The van der Waals surface area contributed by atoms with Crippen molar-refractivity contribution < 1.29 is 0 Å². The molecule has 1 aromatic carbocycles. The van der Waals surface area contributed by atoms with Crippen molar-refractivity contribution in [3.8, 4) is 0 Å². The molecule has 0 fully saturated rings. The van der Waals surface area contributed by atoms with Gasteiger partial charge in [-0.2, -0.15) is 0 Å². The molecular formula is C6H5Br. The van der Waals surface area contributed by atoms with Crippen LogP contribution in [-0.2, 0) is 0 Å². The molecule has 0 aliphatic carbocycles. The molecule has 0 spiro atoms. The summed E-state index contributed by atoms with van der Waals surface area (Å²) >= 11 is 3.31. The molecule has 0 heterocycles. The molecule has 0 amide bonds. The fraction of sp³-hybridized carbons (Fsp3) is 0. The first-order valence-electron chi connectivity index (χ1n) is 2.10. The number of hydrogen-bond donors (Lipinski definition) is 0. The minimum Gasteiger partial charge on any atom is -0.0622 e. The van der Waals surface area contributed by atoms with E-state index >= 15 is 0 Å². The third-order valence-corrected chi connectivity index (χ3v) is 1.26. The molecule has 1 rings (SSSR count). The fourth-order valence-corrected chi connectivity index (χ4v) is 0.720. The van der Waals surface area contributed by atoms with Gasteiger partial charge in [-0.15, -0.1) is 0 Å². The van der Waals surface area contributed by atoms with Crippen molar-refractivity contribution in [1.29, 1.82) is 0 Å². The molecule has 0 saturated heterocycles. The molecule has 0 nitrogen and oxygen atoms in total. The summed E-state index contributed by atoms with van der Waals surface area (Å²) in [6, 6.07) is 9.97. The second-order valence-corrected chi connectivity index (χ2v) is 2.21. The van der Waals surface area contributed by atoms with E-state index in [2.05, 4.69) is 15.9 Å². The van der Waals surface area contributed by atoms with E-state index in [1.165, 1.54) is 0 Å².